The van der Waals surface area contributed by atoms with Gasteiger partial charge in [-0.1, -0.05) is 11.2 Å². The largest absolute Gasteiger partial charge is 0.497 e. The highest BCUT2D eigenvalue weighted by molar-refractivity contribution is 5.54. The highest BCUT2D eigenvalue weighted by Crippen LogP contribution is 2.20. The van der Waals surface area contributed by atoms with Crippen LogP contribution in [-0.2, 0) is 11.2 Å². The van der Waals surface area contributed by atoms with Crippen LogP contribution in [0.3, 0.4) is 0 Å². The molecule has 3 rings (SSSR count). The van der Waals surface area contributed by atoms with Crippen LogP contribution in [0.4, 0.5) is 11.7 Å². The van der Waals surface area contributed by atoms with Crippen LogP contribution in [0.2, 0.25) is 0 Å². The zero-order chi connectivity index (χ0) is 15.2. The van der Waals surface area contributed by atoms with Crippen LogP contribution >= 0.6 is 0 Å². The topological polar surface area (TPSA) is 72.7 Å². The van der Waals surface area contributed by atoms with Crippen molar-refractivity contribution in [2.45, 2.75) is 6.42 Å². The number of aromatic nitrogens is 2. The maximum absolute atomic E-state index is 5.62. The van der Waals surface area contributed by atoms with Gasteiger partial charge in [0.2, 0.25) is 5.89 Å². The number of anilines is 2. The van der Waals surface area contributed by atoms with E-state index in [0.717, 1.165) is 50.7 Å². The molecule has 0 saturated carbocycles. The van der Waals surface area contributed by atoms with E-state index in [2.05, 4.69) is 20.4 Å². The summed E-state index contributed by atoms with van der Waals surface area (Å²) in [6.07, 6.45) is 0.743. The Labute approximate surface area is 129 Å². The number of benzene rings is 1. The van der Waals surface area contributed by atoms with Crippen molar-refractivity contribution in [2.24, 2.45) is 0 Å². The lowest BCUT2D eigenvalue weighted by molar-refractivity contribution is 0.0377. The maximum Gasteiger partial charge on any atom is 0.320 e. The van der Waals surface area contributed by atoms with E-state index in [4.69, 9.17) is 13.9 Å². The average Bonchev–Trinajstić information content (AvgIpc) is 3.01. The first-order valence-electron chi connectivity index (χ1n) is 7.37. The standard InChI is InChI=1S/C15H20N4O3/c1-20-13-4-2-3-12(11-13)16-15-18-17-14(22-15)5-6-19-7-9-21-10-8-19/h2-4,11H,5-10H2,1H3,(H,16,18). The van der Waals surface area contributed by atoms with E-state index in [9.17, 15) is 0 Å². The third-order valence-corrected chi connectivity index (χ3v) is 3.53. The summed E-state index contributed by atoms with van der Waals surface area (Å²) in [5.74, 6) is 1.41. The van der Waals surface area contributed by atoms with E-state index in [0.29, 0.717) is 11.9 Å². The Kier molecular flexibility index (Phi) is 4.87. The van der Waals surface area contributed by atoms with Crippen molar-refractivity contribution >= 4 is 11.7 Å². The SMILES string of the molecule is COc1cccc(Nc2nnc(CCN3CCOCC3)o2)c1. The molecule has 1 saturated heterocycles. The summed E-state index contributed by atoms with van der Waals surface area (Å²) in [6, 6.07) is 7.96. The number of morpholine rings is 1. The normalized spacial score (nSPS) is 15.7. The molecule has 118 valence electrons. The number of ether oxygens (including phenoxy) is 2. The summed E-state index contributed by atoms with van der Waals surface area (Å²) >= 11 is 0. The van der Waals surface area contributed by atoms with Gasteiger partial charge in [-0.25, -0.2) is 0 Å². The summed E-state index contributed by atoms with van der Waals surface area (Å²) < 4.78 is 16.1. The van der Waals surface area contributed by atoms with Crippen LogP contribution in [0, 0.1) is 0 Å². The fraction of sp³-hybridized carbons (Fsp3) is 0.467. The fourth-order valence-corrected chi connectivity index (χ4v) is 2.31. The zero-order valence-electron chi connectivity index (χ0n) is 12.6. The molecule has 7 heteroatoms. The van der Waals surface area contributed by atoms with Crippen molar-refractivity contribution in [2.75, 3.05) is 45.3 Å². The number of nitrogens with one attached hydrogen (secondary N) is 1. The van der Waals surface area contributed by atoms with Gasteiger partial charge in [-0.2, -0.15) is 0 Å². The Morgan fingerprint density at radius 3 is 2.95 bits per heavy atom. The highest BCUT2D eigenvalue weighted by Gasteiger charge is 2.12. The third kappa shape index (κ3) is 3.96. The van der Waals surface area contributed by atoms with Crippen molar-refractivity contribution in [3.05, 3.63) is 30.2 Å². The first-order valence-corrected chi connectivity index (χ1v) is 7.37. The van der Waals surface area contributed by atoms with E-state index >= 15 is 0 Å². The molecule has 0 unspecified atom stereocenters. The highest BCUT2D eigenvalue weighted by atomic mass is 16.5. The minimum atomic E-state index is 0.394. The van der Waals surface area contributed by atoms with Crippen molar-refractivity contribution in [1.29, 1.82) is 0 Å². The molecule has 0 bridgehead atoms. The predicted molar refractivity (Wildman–Crippen MR) is 81.5 cm³/mol. The molecule has 1 fully saturated rings. The van der Waals surface area contributed by atoms with Crippen LogP contribution in [0.5, 0.6) is 5.75 Å². The molecule has 1 aliphatic heterocycles. The number of hydrogen-bond acceptors (Lipinski definition) is 7. The number of hydrogen-bond donors (Lipinski definition) is 1. The first kappa shape index (κ1) is 14.8. The molecular weight excluding hydrogens is 284 g/mol. The van der Waals surface area contributed by atoms with Crippen LogP contribution in [0.15, 0.2) is 28.7 Å². The van der Waals surface area contributed by atoms with Crippen LogP contribution < -0.4 is 10.1 Å². The van der Waals surface area contributed by atoms with Gasteiger partial charge < -0.3 is 19.2 Å². The smallest absolute Gasteiger partial charge is 0.320 e. The molecule has 1 aromatic carbocycles. The maximum atomic E-state index is 5.62. The molecule has 22 heavy (non-hydrogen) atoms. The molecule has 1 N–H and O–H groups in total. The van der Waals surface area contributed by atoms with Gasteiger partial charge in [-0.3, -0.25) is 4.90 Å². The van der Waals surface area contributed by atoms with Gasteiger partial charge in [-0.05, 0) is 12.1 Å². The lowest BCUT2D eigenvalue weighted by Crippen LogP contribution is -2.37. The lowest BCUT2D eigenvalue weighted by atomic mass is 10.3. The molecular formula is C15H20N4O3. The molecule has 2 aromatic rings. The molecule has 2 heterocycles. The fourth-order valence-electron chi connectivity index (χ4n) is 2.31. The summed E-state index contributed by atoms with van der Waals surface area (Å²) in [7, 11) is 1.63. The van der Waals surface area contributed by atoms with Crippen molar-refractivity contribution in [3.8, 4) is 5.75 Å². The zero-order valence-corrected chi connectivity index (χ0v) is 12.6. The molecule has 1 aromatic heterocycles. The van der Waals surface area contributed by atoms with E-state index < -0.39 is 0 Å². The third-order valence-electron chi connectivity index (χ3n) is 3.53. The molecule has 1 aliphatic rings. The van der Waals surface area contributed by atoms with Crippen LogP contribution in [-0.4, -0.2) is 55.1 Å². The summed E-state index contributed by atoms with van der Waals surface area (Å²) in [5, 5.41) is 11.2. The van der Waals surface area contributed by atoms with Crippen molar-refractivity contribution < 1.29 is 13.9 Å². The first-order chi connectivity index (χ1) is 10.8. The quantitative estimate of drug-likeness (QED) is 0.870. The van der Waals surface area contributed by atoms with Crippen LogP contribution in [0.1, 0.15) is 5.89 Å². The Morgan fingerprint density at radius 2 is 2.14 bits per heavy atom. The number of nitrogens with zero attached hydrogens (tertiary/aromatic N) is 3. The number of rotatable bonds is 6. The van der Waals surface area contributed by atoms with Gasteiger partial charge in [0, 0.05) is 37.8 Å². The van der Waals surface area contributed by atoms with Gasteiger partial charge in [0.1, 0.15) is 5.75 Å². The summed E-state index contributed by atoms with van der Waals surface area (Å²) in [6.45, 7) is 4.43. The lowest BCUT2D eigenvalue weighted by Gasteiger charge is -2.25. The van der Waals surface area contributed by atoms with Gasteiger partial charge in [0.15, 0.2) is 0 Å². The minimum absolute atomic E-state index is 0.394. The van der Waals surface area contributed by atoms with E-state index in [1.807, 2.05) is 24.3 Å². The summed E-state index contributed by atoms with van der Waals surface area (Å²) in [4.78, 5) is 2.34. The Morgan fingerprint density at radius 1 is 1.27 bits per heavy atom. The minimum Gasteiger partial charge on any atom is -0.497 e. The average molecular weight is 304 g/mol. The number of methoxy groups -OCH3 is 1. The Bertz CT molecular complexity index is 596. The molecule has 0 atom stereocenters. The molecule has 0 amide bonds. The van der Waals surface area contributed by atoms with Gasteiger partial charge >= 0.3 is 6.01 Å². The second-order valence-electron chi connectivity index (χ2n) is 5.06. The Balaban J connectivity index is 1.54. The van der Waals surface area contributed by atoms with Gasteiger partial charge in [0.25, 0.3) is 0 Å². The van der Waals surface area contributed by atoms with E-state index in [-0.39, 0.29) is 0 Å². The molecule has 0 aliphatic carbocycles. The molecule has 0 radical (unpaired) electrons. The predicted octanol–water partition coefficient (Wildman–Crippen LogP) is 1.70. The second kappa shape index (κ2) is 7.24. The Hall–Kier alpha value is -2.12. The second-order valence-corrected chi connectivity index (χ2v) is 5.06. The van der Waals surface area contributed by atoms with Gasteiger partial charge in [0.05, 0.1) is 20.3 Å². The van der Waals surface area contributed by atoms with Crippen LogP contribution in [0.25, 0.3) is 0 Å². The summed E-state index contributed by atoms with van der Waals surface area (Å²) in [5.41, 5.74) is 0.850. The van der Waals surface area contributed by atoms with Gasteiger partial charge in [-0.15, -0.1) is 5.10 Å². The molecule has 7 nitrogen and oxygen atoms in total. The van der Waals surface area contributed by atoms with Crippen molar-refractivity contribution in [3.63, 3.8) is 0 Å². The molecule has 0 spiro atoms. The van der Waals surface area contributed by atoms with Crippen molar-refractivity contribution in [1.82, 2.24) is 15.1 Å². The monoisotopic (exact) mass is 304 g/mol. The van der Waals surface area contributed by atoms with E-state index in [1.54, 1.807) is 7.11 Å². The van der Waals surface area contributed by atoms with E-state index in [1.165, 1.54) is 0 Å².